The zero-order valence-electron chi connectivity index (χ0n) is 9.91. The molecule has 102 valence electrons. The fourth-order valence-electron chi connectivity index (χ4n) is 1.38. The van der Waals surface area contributed by atoms with Gasteiger partial charge in [-0.2, -0.15) is 5.10 Å². The van der Waals surface area contributed by atoms with Gasteiger partial charge in [0.1, 0.15) is 9.77 Å². The summed E-state index contributed by atoms with van der Waals surface area (Å²) in [7, 11) is -2.56. The van der Waals surface area contributed by atoms with E-state index in [2.05, 4.69) is 19.7 Å². The van der Waals surface area contributed by atoms with Gasteiger partial charge in [0.15, 0.2) is 0 Å². The number of aromatic amines is 1. The van der Waals surface area contributed by atoms with E-state index in [0.717, 1.165) is 11.3 Å². The molecule has 9 heteroatoms. The van der Waals surface area contributed by atoms with Gasteiger partial charge in [0.2, 0.25) is 10.0 Å². The van der Waals surface area contributed by atoms with E-state index in [1.54, 1.807) is 6.20 Å². The number of ether oxygens (including phenoxy) is 1. The second-order valence-corrected chi connectivity index (χ2v) is 6.19. The molecule has 0 amide bonds. The number of carbonyl (C=O) groups is 1. The molecule has 2 heterocycles. The summed E-state index contributed by atoms with van der Waals surface area (Å²) in [5, 5.41) is 7.82. The van der Waals surface area contributed by atoms with Gasteiger partial charge in [-0.05, 0) is 11.4 Å². The van der Waals surface area contributed by atoms with Crippen molar-refractivity contribution >= 4 is 27.3 Å². The van der Waals surface area contributed by atoms with Gasteiger partial charge >= 0.3 is 5.97 Å². The summed E-state index contributed by atoms with van der Waals surface area (Å²) in [6, 6.07) is 1.37. The first-order valence-electron chi connectivity index (χ1n) is 5.17. The van der Waals surface area contributed by atoms with Crippen LogP contribution in [-0.4, -0.2) is 31.7 Å². The van der Waals surface area contributed by atoms with E-state index in [9.17, 15) is 13.2 Å². The highest BCUT2D eigenvalue weighted by molar-refractivity contribution is 7.89. The lowest BCUT2D eigenvalue weighted by Gasteiger charge is -2.05. The summed E-state index contributed by atoms with van der Waals surface area (Å²) >= 11 is 1.02. The molecule has 0 saturated carbocycles. The summed E-state index contributed by atoms with van der Waals surface area (Å²) in [4.78, 5) is 11.4. The Labute approximate surface area is 113 Å². The van der Waals surface area contributed by atoms with Crippen LogP contribution < -0.4 is 4.72 Å². The molecule has 0 bridgehead atoms. The second kappa shape index (κ2) is 5.51. The maximum Gasteiger partial charge on any atom is 0.349 e. The highest BCUT2D eigenvalue weighted by Crippen LogP contribution is 2.22. The van der Waals surface area contributed by atoms with Crippen molar-refractivity contribution in [1.29, 1.82) is 0 Å². The van der Waals surface area contributed by atoms with Gasteiger partial charge in [0.05, 0.1) is 13.3 Å². The number of esters is 1. The SMILES string of the molecule is COC(=O)c1sccc1S(=O)(=O)NCc1cn[nH]c1. The van der Waals surface area contributed by atoms with Crippen LogP contribution in [0.15, 0.2) is 28.7 Å². The van der Waals surface area contributed by atoms with E-state index in [1.165, 1.54) is 24.8 Å². The predicted molar refractivity (Wildman–Crippen MR) is 68.3 cm³/mol. The Kier molecular flexibility index (Phi) is 3.98. The molecule has 0 aromatic carbocycles. The number of thiophene rings is 1. The molecule has 7 nitrogen and oxygen atoms in total. The van der Waals surface area contributed by atoms with Crippen LogP contribution in [-0.2, 0) is 21.3 Å². The maximum absolute atomic E-state index is 12.1. The number of hydrogen-bond acceptors (Lipinski definition) is 6. The molecular weight excluding hydrogens is 290 g/mol. The first-order valence-corrected chi connectivity index (χ1v) is 7.54. The molecule has 2 rings (SSSR count). The van der Waals surface area contributed by atoms with Gasteiger partial charge in [0, 0.05) is 18.3 Å². The Morgan fingerprint density at radius 3 is 3.00 bits per heavy atom. The molecule has 19 heavy (non-hydrogen) atoms. The van der Waals surface area contributed by atoms with Gasteiger partial charge < -0.3 is 4.74 Å². The smallest absolute Gasteiger partial charge is 0.349 e. The van der Waals surface area contributed by atoms with E-state index in [0.29, 0.717) is 5.56 Å². The molecule has 0 unspecified atom stereocenters. The average Bonchev–Trinajstić information content (AvgIpc) is 3.06. The third-order valence-electron chi connectivity index (χ3n) is 2.31. The zero-order valence-corrected chi connectivity index (χ0v) is 11.5. The lowest BCUT2D eigenvalue weighted by atomic mass is 10.4. The molecule has 0 saturated heterocycles. The van der Waals surface area contributed by atoms with Crippen LogP contribution in [0.1, 0.15) is 15.2 Å². The van der Waals surface area contributed by atoms with E-state index >= 15 is 0 Å². The topological polar surface area (TPSA) is 101 Å². The average molecular weight is 301 g/mol. The molecule has 0 aliphatic carbocycles. The van der Waals surface area contributed by atoms with Crippen molar-refractivity contribution in [3.8, 4) is 0 Å². The van der Waals surface area contributed by atoms with E-state index < -0.39 is 16.0 Å². The first-order chi connectivity index (χ1) is 9.04. The molecular formula is C10H11N3O4S2. The van der Waals surface area contributed by atoms with Crippen molar-refractivity contribution in [3.63, 3.8) is 0 Å². The van der Waals surface area contributed by atoms with Crippen molar-refractivity contribution < 1.29 is 17.9 Å². The first kappa shape index (κ1) is 13.7. The number of carbonyl (C=O) groups excluding carboxylic acids is 1. The third kappa shape index (κ3) is 3.00. The maximum atomic E-state index is 12.1. The zero-order chi connectivity index (χ0) is 13.9. The van der Waals surface area contributed by atoms with Crippen molar-refractivity contribution in [1.82, 2.24) is 14.9 Å². The summed E-state index contributed by atoms with van der Waals surface area (Å²) in [6.07, 6.45) is 3.09. The lowest BCUT2D eigenvalue weighted by Crippen LogP contribution is -2.24. The van der Waals surface area contributed by atoms with Crippen molar-refractivity contribution in [2.24, 2.45) is 0 Å². The van der Waals surface area contributed by atoms with Crippen LogP contribution >= 0.6 is 11.3 Å². The fourth-order valence-corrected chi connectivity index (χ4v) is 3.73. The van der Waals surface area contributed by atoms with Crippen LogP contribution in [0.25, 0.3) is 0 Å². The quantitative estimate of drug-likeness (QED) is 0.793. The van der Waals surface area contributed by atoms with Crippen LogP contribution in [0.4, 0.5) is 0 Å². The number of nitrogens with zero attached hydrogens (tertiary/aromatic N) is 1. The monoisotopic (exact) mass is 301 g/mol. The van der Waals surface area contributed by atoms with Crippen molar-refractivity contribution in [2.75, 3.05) is 7.11 Å². The molecule has 0 radical (unpaired) electrons. The van der Waals surface area contributed by atoms with Crippen LogP contribution in [0, 0.1) is 0 Å². The number of nitrogens with one attached hydrogen (secondary N) is 2. The number of H-pyrrole nitrogens is 1. The molecule has 0 aliphatic rings. The number of aromatic nitrogens is 2. The Hall–Kier alpha value is -1.71. The van der Waals surface area contributed by atoms with Crippen molar-refractivity contribution in [2.45, 2.75) is 11.4 Å². The summed E-state index contributed by atoms with van der Waals surface area (Å²) in [5.41, 5.74) is 0.693. The molecule has 0 spiro atoms. The minimum atomic E-state index is -3.76. The Bertz CT molecular complexity index is 661. The van der Waals surface area contributed by atoms with Gasteiger partial charge in [-0.3, -0.25) is 5.10 Å². The highest BCUT2D eigenvalue weighted by atomic mass is 32.2. The lowest BCUT2D eigenvalue weighted by molar-refractivity contribution is 0.0602. The molecule has 0 atom stereocenters. The van der Waals surface area contributed by atoms with Gasteiger partial charge in [-0.1, -0.05) is 0 Å². The Morgan fingerprint density at radius 1 is 1.58 bits per heavy atom. The minimum absolute atomic E-state index is 0.0576. The normalized spacial score (nSPS) is 11.4. The molecule has 2 aromatic rings. The number of sulfonamides is 1. The van der Waals surface area contributed by atoms with Crippen LogP contribution in [0.5, 0.6) is 0 Å². The largest absolute Gasteiger partial charge is 0.465 e. The Morgan fingerprint density at radius 2 is 2.37 bits per heavy atom. The van der Waals surface area contributed by atoms with Crippen LogP contribution in [0.3, 0.4) is 0 Å². The Balaban J connectivity index is 2.20. The minimum Gasteiger partial charge on any atom is -0.465 e. The number of methoxy groups -OCH3 is 1. The van der Waals surface area contributed by atoms with Crippen LogP contribution in [0.2, 0.25) is 0 Å². The third-order valence-corrected chi connectivity index (χ3v) is 4.78. The second-order valence-electron chi connectivity index (χ2n) is 3.54. The highest BCUT2D eigenvalue weighted by Gasteiger charge is 2.24. The molecule has 0 fully saturated rings. The van der Waals surface area contributed by atoms with Gasteiger partial charge in [-0.15, -0.1) is 11.3 Å². The van der Waals surface area contributed by atoms with Gasteiger partial charge in [-0.25, -0.2) is 17.9 Å². The number of hydrogen-bond donors (Lipinski definition) is 2. The summed E-state index contributed by atoms with van der Waals surface area (Å²) in [6.45, 7) is 0.0926. The van der Waals surface area contributed by atoms with Gasteiger partial charge in [0.25, 0.3) is 0 Å². The van der Waals surface area contributed by atoms with E-state index in [-0.39, 0.29) is 16.3 Å². The van der Waals surface area contributed by atoms with Crippen molar-refractivity contribution in [3.05, 3.63) is 34.3 Å². The molecule has 2 aromatic heterocycles. The standard InChI is InChI=1S/C10H11N3O4S2/c1-17-10(14)9-8(2-3-18-9)19(15,16)13-6-7-4-11-12-5-7/h2-5,13H,6H2,1H3,(H,11,12). The van der Waals surface area contributed by atoms with E-state index in [4.69, 9.17) is 0 Å². The number of rotatable bonds is 5. The molecule has 0 aliphatic heterocycles. The molecule has 2 N–H and O–H groups in total. The fraction of sp³-hybridized carbons (Fsp3) is 0.200. The summed E-state index contributed by atoms with van der Waals surface area (Å²) in [5.74, 6) is -0.668. The summed E-state index contributed by atoms with van der Waals surface area (Å²) < 4.78 is 31.1. The van der Waals surface area contributed by atoms with E-state index in [1.807, 2.05) is 0 Å². The predicted octanol–water partition coefficient (Wildman–Crippen LogP) is 0.736.